The molecular formula is C25H27Cl2N5O4S. The summed E-state index contributed by atoms with van der Waals surface area (Å²) >= 11 is 12.4. The summed E-state index contributed by atoms with van der Waals surface area (Å²) in [5.74, 6) is -0.445. The van der Waals surface area contributed by atoms with E-state index in [1.807, 2.05) is 12.1 Å². The summed E-state index contributed by atoms with van der Waals surface area (Å²) in [4.78, 5) is 31.8. The van der Waals surface area contributed by atoms with Crippen molar-refractivity contribution >= 4 is 45.2 Å². The van der Waals surface area contributed by atoms with Gasteiger partial charge in [0.05, 0.1) is 34.0 Å². The molecule has 0 radical (unpaired) electrons. The van der Waals surface area contributed by atoms with Gasteiger partial charge < -0.3 is 14.7 Å². The van der Waals surface area contributed by atoms with Gasteiger partial charge in [0.25, 0.3) is 5.91 Å². The second-order valence-corrected chi connectivity index (χ2v) is 12.1. The zero-order valence-corrected chi connectivity index (χ0v) is 22.8. The topological polar surface area (TPSA) is 105 Å². The van der Waals surface area contributed by atoms with Gasteiger partial charge in [0.2, 0.25) is 10.0 Å². The van der Waals surface area contributed by atoms with Gasteiger partial charge in [-0.05, 0) is 42.0 Å². The van der Waals surface area contributed by atoms with Gasteiger partial charge in [0, 0.05) is 57.8 Å². The fraction of sp³-hybridized carbons (Fsp3) is 0.400. The van der Waals surface area contributed by atoms with Gasteiger partial charge in [-0.25, -0.2) is 13.2 Å². The van der Waals surface area contributed by atoms with E-state index in [2.05, 4.69) is 0 Å². The molecule has 1 unspecified atom stereocenters. The highest BCUT2D eigenvalue weighted by atomic mass is 35.5. The van der Waals surface area contributed by atoms with Crippen LogP contribution in [0, 0.1) is 11.3 Å². The summed E-state index contributed by atoms with van der Waals surface area (Å²) in [6.07, 6.45) is 1.16. The van der Waals surface area contributed by atoms with Crippen molar-refractivity contribution in [3.05, 3.63) is 69.2 Å². The first-order valence-electron chi connectivity index (χ1n) is 11.7. The molecule has 2 aromatic carbocycles. The first kappa shape index (κ1) is 27.2. The van der Waals surface area contributed by atoms with Crippen molar-refractivity contribution in [1.82, 2.24) is 19.0 Å². The van der Waals surface area contributed by atoms with E-state index in [1.165, 1.54) is 4.31 Å². The molecule has 0 bridgehead atoms. The van der Waals surface area contributed by atoms with Crippen LogP contribution in [0.25, 0.3) is 0 Å². The number of sulfonamides is 1. The number of urea groups is 1. The smallest absolute Gasteiger partial charge is 0.320 e. The third-order valence-electron chi connectivity index (χ3n) is 6.99. The normalized spacial score (nSPS) is 20.5. The maximum absolute atomic E-state index is 13.4. The average molecular weight is 564 g/mol. The molecule has 2 aliphatic rings. The molecule has 4 rings (SSSR count). The molecule has 3 amide bonds. The lowest BCUT2D eigenvalue weighted by molar-refractivity contribution is 0.0723. The third-order valence-corrected chi connectivity index (χ3v) is 9.03. The standard InChI is InChI=1S/C25H27Cl2N5O4S/c1-29(24(33)18-5-3-17(14-28)4-6-18)23-16-31(15-20(23)19-7-8-21(26)22(27)13-19)25(34)30-9-11-32(12-10-30)37(2,35)36/h3-8,13,20,23H,9-12,15-16H2,1-2H3/t20?,23-/m1/s1. The van der Waals surface area contributed by atoms with E-state index < -0.39 is 10.0 Å². The molecule has 2 fully saturated rings. The van der Waals surface area contributed by atoms with E-state index >= 15 is 0 Å². The van der Waals surface area contributed by atoms with Crippen LogP contribution in [0.2, 0.25) is 10.0 Å². The summed E-state index contributed by atoms with van der Waals surface area (Å²) in [6, 6.07) is 13.2. The Morgan fingerprint density at radius 1 is 0.973 bits per heavy atom. The molecule has 37 heavy (non-hydrogen) atoms. The number of hydrogen-bond donors (Lipinski definition) is 0. The van der Waals surface area contributed by atoms with Gasteiger partial charge in [-0.15, -0.1) is 0 Å². The summed E-state index contributed by atoms with van der Waals surface area (Å²) in [5.41, 5.74) is 1.76. The Labute approximate surface area is 226 Å². The number of halogens is 2. The van der Waals surface area contributed by atoms with E-state index in [0.29, 0.717) is 47.4 Å². The summed E-state index contributed by atoms with van der Waals surface area (Å²) in [6.45, 7) is 1.74. The Balaban J connectivity index is 1.57. The fourth-order valence-electron chi connectivity index (χ4n) is 4.86. The number of hydrogen-bond acceptors (Lipinski definition) is 5. The number of likely N-dealkylation sites (tertiary alicyclic amines) is 1. The minimum Gasteiger partial charge on any atom is -0.336 e. The van der Waals surface area contributed by atoms with Gasteiger partial charge in [0.15, 0.2) is 0 Å². The van der Waals surface area contributed by atoms with Gasteiger partial charge in [-0.1, -0.05) is 29.3 Å². The monoisotopic (exact) mass is 563 g/mol. The van der Waals surface area contributed by atoms with Crippen molar-refractivity contribution in [2.75, 3.05) is 52.6 Å². The molecule has 2 aliphatic heterocycles. The molecule has 0 aromatic heterocycles. The Kier molecular flexibility index (Phi) is 7.99. The molecular weight excluding hydrogens is 537 g/mol. The minimum absolute atomic E-state index is 0.195. The fourth-order valence-corrected chi connectivity index (χ4v) is 5.99. The quantitative estimate of drug-likeness (QED) is 0.568. The first-order chi connectivity index (χ1) is 17.5. The van der Waals surface area contributed by atoms with Crippen LogP contribution in [-0.4, -0.2) is 98.0 Å². The molecule has 2 aromatic rings. The zero-order chi connectivity index (χ0) is 26.9. The van der Waals surface area contributed by atoms with Crippen LogP contribution >= 0.6 is 23.2 Å². The van der Waals surface area contributed by atoms with Crippen molar-refractivity contribution < 1.29 is 18.0 Å². The van der Waals surface area contributed by atoms with E-state index in [0.717, 1.165) is 11.8 Å². The number of benzene rings is 2. The van der Waals surface area contributed by atoms with E-state index in [9.17, 15) is 18.0 Å². The van der Waals surface area contributed by atoms with Gasteiger partial charge in [-0.3, -0.25) is 4.79 Å². The summed E-state index contributed by atoms with van der Waals surface area (Å²) in [7, 11) is -1.61. The predicted molar refractivity (Wildman–Crippen MR) is 141 cm³/mol. The largest absolute Gasteiger partial charge is 0.336 e. The molecule has 0 saturated carbocycles. The highest BCUT2D eigenvalue weighted by Gasteiger charge is 2.42. The second kappa shape index (κ2) is 10.9. The van der Waals surface area contributed by atoms with Crippen molar-refractivity contribution in [3.8, 4) is 6.07 Å². The molecule has 2 saturated heterocycles. The third kappa shape index (κ3) is 5.85. The molecule has 0 N–H and O–H groups in total. The first-order valence-corrected chi connectivity index (χ1v) is 14.3. The lowest BCUT2D eigenvalue weighted by atomic mass is 9.93. The number of rotatable bonds is 4. The van der Waals surface area contributed by atoms with Crippen molar-refractivity contribution in [3.63, 3.8) is 0 Å². The van der Waals surface area contributed by atoms with Crippen LogP contribution in [0.1, 0.15) is 27.4 Å². The van der Waals surface area contributed by atoms with Crippen LogP contribution in [-0.2, 0) is 10.0 Å². The molecule has 2 heterocycles. The van der Waals surface area contributed by atoms with Crippen molar-refractivity contribution in [1.29, 1.82) is 5.26 Å². The molecule has 196 valence electrons. The van der Waals surface area contributed by atoms with Gasteiger partial charge >= 0.3 is 6.03 Å². The van der Waals surface area contributed by atoms with Crippen LogP contribution in [0.5, 0.6) is 0 Å². The lowest BCUT2D eigenvalue weighted by Gasteiger charge is -2.35. The number of piperazine rings is 1. The Morgan fingerprint density at radius 2 is 1.62 bits per heavy atom. The average Bonchev–Trinajstić information content (AvgIpc) is 3.34. The maximum atomic E-state index is 13.4. The maximum Gasteiger partial charge on any atom is 0.320 e. The molecule has 12 heteroatoms. The van der Waals surface area contributed by atoms with E-state index in [-0.39, 0.29) is 37.0 Å². The number of nitriles is 1. The molecule has 9 nitrogen and oxygen atoms in total. The Morgan fingerprint density at radius 3 is 2.19 bits per heavy atom. The van der Waals surface area contributed by atoms with E-state index in [4.69, 9.17) is 28.5 Å². The number of amides is 3. The predicted octanol–water partition coefficient (Wildman–Crippen LogP) is 3.10. The SMILES string of the molecule is CN(C(=O)c1ccc(C#N)cc1)[C@@H]1CN(C(=O)N2CCN(S(C)(=O)=O)CC2)CC1c1ccc(Cl)c(Cl)c1. The zero-order valence-electron chi connectivity index (χ0n) is 20.5. The van der Waals surface area contributed by atoms with E-state index in [1.54, 1.807) is 58.1 Å². The molecule has 0 spiro atoms. The number of carbonyl (C=O) groups excluding carboxylic acids is 2. The number of likely N-dealkylation sites (N-methyl/N-ethyl adjacent to an activating group) is 1. The van der Waals surface area contributed by atoms with Crippen LogP contribution in [0.15, 0.2) is 42.5 Å². The van der Waals surface area contributed by atoms with Gasteiger partial charge in [-0.2, -0.15) is 9.57 Å². The molecule has 2 atom stereocenters. The number of carbonyl (C=O) groups is 2. The van der Waals surface area contributed by atoms with Crippen molar-refractivity contribution in [2.45, 2.75) is 12.0 Å². The highest BCUT2D eigenvalue weighted by Crippen LogP contribution is 2.35. The second-order valence-electron chi connectivity index (χ2n) is 9.29. The van der Waals surface area contributed by atoms with Gasteiger partial charge in [0.1, 0.15) is 0 Å². The summed E-state index contributed by atoms with van der Waals surface area (Å²) in [5, 5.41) is 9.86. The highest BCUT2D eigenvalue weighted by molar-refractivity contribution is 7.88. The van der Waals surface area contributed by atoms with Crippen LogP contribution in [0.4, 0.5) is 4.79 Å². The van der Waals surface area contributed by atoms with Crippen molar-refractivity contribution in [2.24, 2.45) is 0 Å². The molecule has 0 aliphatic carbocycles. The minimum atomic E-state index is -3.31. The lowest BCUT2D eigenvalue weighted by Crippen LogP contribution is -2.53. The summed E-state index contributed by atoms with van der Waals surface area (Å²) < 4.78 is 25.1. The van der Waals surface area contributed by atoms with Crippen LogP contribution < -0.4 is 0 Å². The number of nitrogens with zero attached hydrogens (tertiary/aromatic N) is 5. The van der Waals surface area contributed by atoms with Crippen LogP contribution in [0.3, 0.4) is 0 Å². The Hall–Kier alpha value is -2.84. The Bertz CT molecular complexity index is 1340.